The molecule has 1 aliphatic heterocycles. The number of aliphatic hydroxyl groups is 1. The van der Waals surface area contributed by atoms with Crippen LogP contribution in [0.15, 0.2) is 0 Å². The maximum absolute atomic E-state index is 12.1. The van der Waals surface area contributed by atoms with Crippen LogP contribution < -0.4 is 5.32 Å². The Morgan fingerprint density at radius 3 is 2.80 bits per heavy atom. The summed E-state index contributed by atoms with van der Waals surface area (Å²) < 4.78 is 0. The van der Waals surface area contributed by atoms with Crippen LogP contribution in [0.2, 0.25) is 0 Å². The van der Waals surface area contributed by atoms with Gasteiger partial charge in [-0.3, -0.25) is 9.59 Å². The van der Waals surface area contributed by atoms with E-state index in [1.54, 1.807) is 4.90 Å². The highest BCUT2D eigenvalue weighted by atomic mass is 16.3. The molecule has 1 aliphatic carbocycles. The molecule has 2 fully saturated rings. The zero-order chi connectivity index (χ0) is 14.4. The molecule has 0 bridgehead atoms. The van der Waals surface area contributed by atoms with Crippen molar-refractivity contribution in [1.29, 1.82) is 0 Å². The van der Waals surface area contributed by atoms with Crippen molar-refractivity contribution in [2.75, 3.05) is 19.7 Å². The molecule has 1 saturated heterocycles. The van der Waals surface area contributed by atoms with E-state index in [1.807, 2.05) is 0 Å². The number of likely N-dealkylation sites (tertiary alicyclic amines) is 1. The Bertz CT molecular complexity index is 346. The second kappa shape index (κ2) is 7.62. The van der Waals surface area contributed by atoms with Crippen LogP contribution in [0.25, 0.3) is 0 Å². The van der Waals surface area contributed by atoms with Gasteiger partial charge in [-0.05, 0) is 25.7 Å². The average Bonchev–Trinajstić information content (AvgIpc) is 2.65. The molecule has 1 saturated carbocycles. The number of carbonyl (C=O) groups is 2. The Morgan fingerprint density at radius 2 is 2.00 bits per heavy atom. The molecule has 20 heavy (non-hydrogen) atoms. The standard InChI is InChI=1S/C15H26N2O3/c18-11-12-6-3-4-7-13(12)16-14(19)10-17-9-5-1-2-8-15(17)20/h12-13,18H,1-11H2,(H,16,19). The first-order valence-electron chi connectivity index (χ1n) is 7.88. The molecule has 2 rings (SSSR count). The van der Waals surface area contributed by atoms with Crippen molar-refractivity contribution in [3.8, 4) is 0 Å². The molecule has 2 unspecified atom stereocenters. The van der Waals surface area contributed by atoms with Crippen LogP contribution in [0.1, 0.15) is 51.4 Å². The number of amides is 2. The zero-order valence-corrected chi connectivity index (χ0v) is 12.1. The Kier molecular flexibility index (Phi) is 5.83. The van der Waals surface area contributed by atoms with Crippen LogP contribution in [-0.4, -0.2) is 47.6 Å². The first-order chi connectivity index (χ1) is 9.70. The maximum Gasteiger partial charge on any atom is 0.239 e. The minimum Gasteiger partial charge on any atom is -0.396 e. The van der Waals surface area contributed by atoms with Crippen molar-refractivity contribution in [2.24, 2.45) is 5.92 Å². The molecular formula is C15H26N2O3. The minimum atomic E-state index is -0.0781. The number of aliphatic hydroxyl groups excluding tert-OH is 1. The zero-order valence-electron chi connectivity index (χ0n) is 12.1. The summed E-state index contributed by atoms with van der Waals surface area (Å²) in [5.41, 5.74) is 0. The lowest BCUT2D eigenvalue weighted by Gasteiger charge is -2.31. The fourth-order valence-corrected chi connectivity index (χ4v) is 3.25. The maximum atomic E-state index is 12.1. The summed E-state index contributed by atoms with van der Waals surface area (Å²) in [6.07, 6.45) is 7.70. The van der Waals surface area contributed by atoms with Gasteiger partial charge in [-0.25, -0.2) is 0 Å². The van der Waals surface area contributed by atoms with E-state index in [1.165, 1.54) is 0 Å². The van der Waals surface area contributed by atoms with E-state index >= 15 is 0 Å². The van der Waals surface area contributed by atoms with Gasteiger partial charge in [-0.2, -0.15) is 0 Å². The van der Waals surface area contributed by atoms with E-state index in [0.29, 0.717) is 13.0 Å². The van der Waals surface area contributed by atoms with Crippen LogP contribution in [0.5, 0.6) is 0 Å². The van der Waals surface area contributed by atoms with Crippen molar-refractivity contribution in [3.05, 3.63) is 0 Å². The Hall–Kier alpha value is -1.10. The van der Waals surface area contributed by atoms with E-state index < -0.39 is 0 Å². The molecular weight excluding hydrogens is 256 g/mol. The molecule has 2 amide bonds. The lowest BCUT2D eigenvalue weighted by molar-refractivity contribution is -0.136. The summed E-state index contributed by atoms with van der Waals surface area (Å²) in [4.78, 5) is 25.7. The number of carbonyl (C=O) groups excluding carboxylic acids is 2. The number of hydrogen-bond donors (Lipinski definition) is 2. The summed E-state index contributed by atoms with van der Waals surface area (Å²) in [6, 6.07) is 0.0725. The quantitative estimate of drug-likeness (QED) is 0.810. The average molecular weight is 282 g/mol. The Morgan fingerprint density at radius 1 is 1.20 bits per heavy atom. The van der Waals surface area contributed by atoms with E-state index in [9.17, 15) is 14.7 Å². The van der Waals surface area contributed by atoms with E-state index in [4.69, 9.17) is 0 Å². The van der Waals surface area contributed by atoms with Gasteiger partial charge >= 0.3 is 0 Å². The fraction of sp³-hybridized carbons (Fsp3) is 0.867. The van der Waals surface area contributed by atoms with Crippen molar-refractivity contribution in [2.45, 2.75) is 57.4 Å². The SMILES string of the molecule is O=C(CN1CCCCCC1=O)NC1CCCCC1CO. The second-order valence-corrected chi connectivity index (χ2v) is 6.03. The third kappa shape index (κ3) is 4.20. The molecule has 2 atom stereocenters. The summed E-state index contributed by atoms with van der Waals surface area (Å²) in [5.74, 6) is 0.193. The molecule has 0 radical (unpaired) electrons. The third-order valence-electron chi connectivity index (χ3n) is 4.50. The molecule has 0 spiro atoms. The van der Waals surface area contributed by atoms with Crippen LogP contribution >= 0.6 is 0 Å². The summed E-state index contributed by atoms with van der Waals surface area (Å²) in [5, 5.41) is 12.4. The minimum absolute atomic E-state index is 0.0725. The van der Waals surface area contributed by atoms with Gasteiger partial charge in [-0.1, -0.05) is 19.3 Å². The van der Waals surface area contributed by atoms with Crippen molar-refractivity contribution in [3.63, 3.8) is 0 Å². The van der Waals surface area contributed by atoms with Gasteiger partial charge in [0.1, 0.15) is 0 Å². The molecule has 2 aliphatic rings. The van der Waals surface area contributed by atoms with Crippen LogP contribution in [0.3, 0.4) is 0 Å². The molecule has 0 aromatic rings. The number of nitrogens with one attached hydrogen (secondary N) is 1. The number of hydrogen-bond acceptors (Lipinski definition) is 3. The van der Waals surface area contributed by atoms with Crippen LogP contribution in [-0.2, 0) is 9.59 Å². The largest absolute Gasteiger partial charge is 0.396 e. The van der Waals surface area contributed by atoms with Gasteiger partial charge in [0.2, 0.25) is 11.8 Å². The highest BCUT2D eigenvalue weighted by molar-refractivity contribution is 5.85. The first-order valence-corrected chi connectivity index (χ1v) is 7.88. The molecule has 5 nitrogen and oxygen atoms in total. The molecule has 0 aromatic heterocycles. The van der Waals surface area contributed by atoms with Crippen LogP contribution in [0, 0.1) is 5.92 Å². The van der Waals surface area contributed by atoms with Gasteiger partial charge in [0, 0.05) is 31.5 Å². The Labute approximate surface area is 120 Å². The normalized spacial score (nSPS) is 28.1. The van der Waals surface area contributed by atoms with Crippen molar-refractivity contribution >= 4 is 11.8 Å². The molecule has 114 valence electrons. The van der Waals surface area contributed by atoms with E-state index in [0.717, 1.165) is 44.9 Å². The van der Waals surface area contributed by atoms with Gasteiger partial charge in [0.15, 0.2) is 0 Å². The number of nitrogens with zero attached hydrogens (tertiary/aromatic N) is 1. The van der Waals surface area contributed by atoms with Gasteiger partial charge in [-0.15, -0.1) is 0 Å². The molecule has 5 heteroatoms. The molecule has 0 aromatic carbocycles. The predicted molar refractivity (Wildman–Crippen MR) is 76.0 cm³/mol. The molecule has 1 heterocycles. The van der Waals surface area contributed by atoms with Gasteiger partial charge in [0.25, 0.3) is 0 Å². The fourth-order valence-electron chi connectivity index (χ4n) is 3.25. The topological polar surface area (TPSA) is 69.6 Å². The number of rotatable bonds is 4. The summed E-state index contributed by atoms with van der Waals surface area (Å²) in [6.45, 7) is 1.00. The van der Waals surface area contributed by atoms with Gasteiger partial charge < -0.3 is 15.3 Å². The monoisotopic (exact) mass is 282 g/mol. The highest BCUT2D eigenvalue weighted by Crippen LogP contribution is 2.23. The second-order valence-electron chi connectivity index (χ2n) is 6.03. The highest BCUT2D eigenvalue weighted by Gasteiger charge is 2.27. The Balaban J connectivity index is 1.83. The lowest BCUT2D eigenvalue weighted by Crippen LogP contribution is -2.48. The van der Waals surface area contributed by atoms with Gasteiger partial charge in [0.05, 0.1) is 6.54 Å². The summed E-state index contributed by atoms with van der Waals surface area (Å²) in [7, 11) is 0. The summed E-state index contributed by atoms with van der Waals surface area (Å²) >= 11 is 0. The third-order valence-corrected chi connectivity index (χ3v) is 4.50. The molecule has 2 N–H and O–H groups in total. The lowest BCUT2D eigenvalue weighted by atomic mass is 9.85. The predicted octanol–water partition coefficient (Wildman–Crippen LogP) is 1.06. The smallest absolute Gasteiger partial charge is 0.239 e. The van der Waals surface area contributed by atoms with Crippen molar-refractivity contribution < 1.29 is 14.7 Å². The van der Waals surface area contributed by atoms with E-state index in [2.05, 4.69) is 5.32 Å². The first kappa shape index (κ1) is 15.3. The van der Waals surface area contributed by atoms with E-state index in [-0.39, 0.29) is 36.9 Å². The van der Waals surface area contributed by atoms with Crippen LogP contribution in [0.4, 0.5) is 0 Å². The van der Waals surface area contributed by atoms with Crippen molar-refractivity contribution in [1.82, 2.24) is 10.2 Å².